The smallest absolute Gasteiger partial charge is 0.258 e. The first kappa shape index (κ1) is 11.1. The zero-order valence-electron chi connectivity index (χ0n) is 10.1. The van der Waals surface area contributed by atoms with Crippen molar-refractivity contribution in [1.82, 2.24) is 24.6 Å². The molecular weight excluding hydrogens is 276 g/mol. The van der Waals surface area contributed by atoms with Gasteiger partial charge < -0.3 is 10.2 Å². The Balaban J connectivity index is 1.92. The second kappa shape index (κ2) is 4.14. The van der Waals surface area contributed by atoms with Crippen LogP contribution >= 0.6 is 11.3 Å². The van der Waals surface area contributed by atoms with E-state index in [0.717, 1.165) is 4.88 Å². The molecule has 0 bridgehead atoms. The van der Waals surface area contributed by atoms with Gasteiger partial charge >= 0.3 is 0 Å². The van der Waals surface area contributed by atoms with Crippen LogP contribution in [0.3, 0.4) is 0 Å². The number of nitrogens with two attached hydrogens (primary N) is 1. The van der Waals surface area contributed by atoms with Crippen molar-refractivity contribution in [2.75, 3.05) is 5.73 Å². The molecule has 0 aliphatic heterocycles. The highest BCUT2D eigenvalue weighted by molar-refractivity contribution is 7.13. The molecule has 0 aliphatic rings. The molecule has 2 N–H and O–H groups in total. The van der Waals surface area contributed by atoms with Gasteiger partial charge in [-0.25, -0.2) is 0 Å². The Morgan fingerprint density at radius 1 is 1.10 bits per heavy atom. The first-order valence-corrected chi connectivity index (χ1v) is 6.67. The van der Waals surface area contributed by atoms with Crippen molar-refractivity contribution in [2.45, 2.75) is 0 Å². The molecule has 0 radical (unpaired) electrons. The maximum absolute atomic E-state index is 5.91. The van der Waals surface area contributed by atoms with E-state index in [4.69, 9.17) is 10.2 Å². The minimum absolute atomic E-state index is 0.240. The van der Waals surface area contributed by atoms with Crippen LogP contribution in [-0.2, 0) is 0 Å². The normalized spacial score (nSPS) is 11.2. The Morgan fingerprint density at radius 2 is 2.00 bits per heavy atom. The van der Waals surface area contributed by atoms with E-state index in [1.54, 1.807) is 29.7 Å². The predicted octanol–water partition coefficient (Wildman–Crippen LogP) is 2.09. The molecule has 0 saturated carbocycles. The van der Waals surface area contributed by atoms with Gasteiger partial charge in [0.05, 0.1) is 11.1 Å². The van der Waals surface area contributed by atoms with Gasteiger partial charge in [-0.05, 0) is 23.6 Å². The molecule has 0 amide bonds. The summed E-state index contributed by atoms with van der Waals surface area (Å²) in [7, 11) is 0. The van der Waals surface area contributed by atoms with Gasteiger partial charge in [0.1, 0.15) is 0 Å². The van der Waals surface area contributed by atoms with E-state index < -0.39 is 0 Å². The van der Waals surface area contributed by atoms with Crippen molar-refractivity contribution in [1.29, 1.82) is 0 Å². The molecule has 0 aliphatic carbocycles. The summed E-state index contributed by atoms with van der Waals surface area (Å²) >= 11 is 1.54. The number of nitrogens with zero attached hydrogens (tertiary/aromatic N) is 5. The monoisotopic (exact) mass is 284 g/mol. The lowest BCUT2D eigenvalue weighted by Gasteiger charge is -1.99. The van der Waals surface area contributed by atoms with E-state index >= 15 is 0 Å². The standard InChI is InChI=1S/C12H8N6OS/c13-11-14-10(8-4-2-6-20-8)16-12-15-9(17-18(11)12)7-3-1-5-19-7/h1-6H,(H2,13,14,15,16,17). The van der Waals surface area contributed by atoms with Crippen molar-refractivity contribution < 1.29 is 4.42 Å². The molecule has 4 rings (SSSR count). The quantitative estimate of drug-likeness (QED) is 0.605. The second-order valence-electron chi connectivity index (χ2n) is 4.01. The average molecular weight is 284 g/mol. The molecule has 4 heterocycles. The molecule has 20 heavy (non-hydrogen) atoms. The van der Waals surface area contributed by atoms with Gasteiger partial charge in [0.15, 0.2) is 11.6 Å². The number of fused-ring (bicyclic) bond motifs is 1. The van der Waals surface area contributed by atoms with Crippen molar-refractivity contribution in [3.8, 4) is 22.3 Å². The highest BCUT2D eigenvalue weighted by Crippen LogP contribution is 2.23. The Hall–Kier alpha value is -2.74. The Labute approximate surface area is 116 Å². The molecule has 4 aromatic rings. The number of thiophene rings is 1. The van der Waals surface area contributed by atoms with Crippen LogP contribution in [0.1, 0.15) is 0 Å². The van der Waals surface area contributed by atoms with E-state index in [2.05, 4.69) is 20.1 Å². The van der Waals surface area contributed by atoms with Crippen LogP contribution < -0.4 is 5.73 Å². The van der Waals surface area contributed by atoms with Crippen LogP contribution in [0, 0.1) is 0 Å². The van der Waals surface area contributed by atoms with Crippen LogP contribution in [0.15, 0.2) is 40.3 Å². The fourth-order valence-electron chi connectivity index (χ4n) is 1.83. The number of hydrogen-bond acceptors (Lipinski definition) is 7. The lowest BCUT2D eigenvalue weighted by Crippen LogP contribution is -2.05. The predicted molar refractivity (Wildman–Crippen MR) is 74.0 cm³/mol. The zero-order valence-corrected chi connectivity index (χ0v) is 10.9. The van der Waals surface area contributed by atoms with Gasteiger partial charge in [0.2, 0.25) is 11.8 Å². The van der Waals surface area contributed by atoms with E-state index in [-0.39, 0.29) is 5.95 Å². The van der Waals surface area contributed by atoms with E-state index in [9.17, 15) is 0 Å². The van der Waals surface area contributed by atoms with Crippen LogP contribution in [0.4, 0.5) is 5.95 Å². The van der Waals surface area contributed by atoms with E-state index in [0.29, 0.717) is 23.2 Å². The first-order valence-electron chi connectivity index (χ1n) is 5.79. The third-order valence-electron chi connectivity index (χ3n) is 2.72. The number of rotatable bonds is 2. The molecule has 4 aromatic heterocycles. The minimum atomic E-state index is 0.240. The summed E-state index contributed by atoms with van der Waals surface area (Å²) in [6, 6.07) is 7.41. The van der Waals surface area contributed by atoms with Gasteiger partial charge in [-0.1, -0.05) is 6.07 Å². The van der Waals surface area contributed by atoms with Gasteiger partial charge in [-0.3, -0.25) is 0 Å². The second-order valence-corrected chi connectivity index (χ2v) is 4.95. The van der Waals surface area contributed by atoms with Gasteiger partial charge in [-0.15, -0.1) is 16.4 Å². The summed E-state index contributed by atoms with van der Waals surface area (Å²) in [6.07, 6.45) is 1.56. The molecule has 0 aromatic carbocycles. The fraction of sp³-hybridized carbons (Fsp3) is 0. The lowest BCUT2D eigenvalue weighted by molar-refractivity contribution is 0.577. The highest BCUT2D eigenvalue weighted by Gasteiger charge is 2.14. The SMILES string of the molecule is Nc1nc(-c2cccs2)nc2nc(-c3ccco3)nn12. The maximum atomic E-state index is 5.91. The number of anilines is 1. The molecule has 0 spiro atoms. The summed E-state index contributed by atoms with van der Waals surface area (Å²) in [6.45, 7) is 0. The Morgan fingerprint density at radius 3 is 2.75 bits per heavy atom. The van der Waals surface area contributed by atoms with Gasteiger partial charge in [-0.2, -0.15) is 19.5 Å². The van der Waals surface area contributed by atoms with Crippen molar-refractivity contribution in [3.63, 3.8) is 0 Å². The molecule has 0 fully saturated rings. The van der Waals surface area contributed by atoms with Crippen molar-refractivity contribution in [2.24, 2.45) is 0 Å². The summed E-state index contributed by atoms with van der Waals surface area (Å²) in [4.78, 5) is 13.9. The van der Waals surface area contributed by atoms with Crippen LogP contribution in [-0.4, -0.2) is 24.6 Å². The highest BCUT2D eigenvalue weighted by atomic mass is 32.1. The lowest BCUT2D eigenvalue weighted by atomic mass is 10.4. The number of furan rings is 1. The van der Waals surface area contributed by atoms with Gasteiger partial charge in [0, 0.05) is 0 Å². The van der Waals surface area contributed by atoms with Gasteiger partial charge in [0.25, 0.3) is 5.78 Å². The van der Waals surface area contributed by atoms with E-state index in [1.165, 1.54) is 4.52 Å². The fourth-order valence-corrected chi connectivity index (χ4v) is 2.49. The average Bonchev–Trinajstić information content (AvgIpc) is 3.19. The first-order chi connectivity index (χ1) is 9.81. The zero-order chi connectivity index (χ0) is 13.5. The summed E-state index contributed by atoms with van der Waals surface area (Å²) in [5.41, 5.74) is 5.91. The number of aromatic nitrogens is 5. The number of hydrogen-bond donors (Lipinski definition) is 1. The summed E-state index contributed by atoms with van der Waals surface area (Å²) < 4.78 is 6.66. The summed E-state index contributed by atoms with van der Waals surface area (Å²) in [5.74, 6) is 2.17. The van der Waals surface area contributed by atoms with Crippen molar-refractivity contribution >= 4 is 23.1 Å². The topological polar surface area (TPSA) is 95.1 Å². The Kier molecular flexibility index (Phi) is 2.30. The summed E-state index contributed by atoms with van der Waals surface area (Å²) in [5, 5.41) is 6.20. The molecule has 0 unspecified atom stereocenters. The van der Waals surface area contributed by atoms with Crippen LogP contribution in [0.25, 0.3) is 28.1 Å². The molecule has 7 nitrogen and oxygen atoms in total. The molecule has 98 valence electrons. The largest absolute Gasteiger partial charge is 0.461 e. The molecular formula is C12H8N6OS. The minimum Gasteiger partial charge on any atom is -0.461 e. The van der Waals surface area contributed by atoms with E-state index in [1.807, 2.05) is 17.5 Å². The molecule has 8 heteroatoms. The van der Waals surface area contributed by atoms with Crippen LogP contribution in [0.2, 0.25) is 0 Å². The number of nitrogen functional groups attached to an aromatic ring is 1. The van der Waals surface area contributed by atoms with Crippen LogP contribution in [0.5, 0.6) is 0 Å². The third kappa shape index (κ3) is 1.66. The maximum Gasteiger partial charge on any atom is 0.258 e. The molecule has 0 atom stereocenters. The Bertz CT molecular complexity index is 865. The molecule has 0 saturated heterocycles. The van der Waals surface area contributed by atoms with Crippen molar-refractivity contribution in [3.05, 3.63) is 35.9 Å². The third-order valence-corrected chi connectivity index (χ3v) is 3.58.